The van der Waals surface area contributed by atoms with Crippen LogP contribution in [0.2, 0.25) is 5.02 Å². The maximum atomic E-state index is 12.8. The lowest BCUT2D eigenvalue weighted by Crippen LogP contribution is -2.11. The fourth-order valence-electron chi connectivity index (χ4n) is 1.19. The molecule has 0 aliphatic heterocycles. The molecule has 0 heterocycles. The summed E-state index contributed by atoms with van der Waals surface area (Å²) in [6.07, 6.45) is 1.55. The van der Waals surface area contributed by atoms with Crippen molar-refractivity contribution in [2.24, 2.45) is 0 Å². The molecular weight excluding hydrogens is 233 g/mol. The van der Waals surface area contributed by atoms with Crippen molar-refractivity contribution in [3.05, 3.63) is 29.0 Å². The molecule has 0 spiro atoms. The molecule has 16 heavy (non-hydrogen) atoms. The van der Waals surface area contributed by atoms with Crippen LogP contribution in [0.4, 0.5) is 10.1 Å². The van der Waals surface area contributed by atoms with Crippen LogP contribution in [0, 0.1) is 5.82 Å². The molecule has 1 amide bonds. The molecule has 0 atom stereocenters. The molecule has 1 aromatic rings. The van der Waals surface area contributed by atoms with Gasteiger partial charge in [0.05, 0.1) is 5.02 Å². The molecule has 0 unspecified atom stereocenters. The van der Waals surface area contributed by atoms with E-state index in [2.05, 4.69) is 5.32 Å². The van der Waals surface area contributed by atoms with Gasteiger partial charge in [0.25, 0.3) is 0 Å². The second kappa shape index (κ2) is 6.45. The summed E-state index contributed by atoms with van der Waals surface area (Å²) in [4.78, 5) is 11.4. The number of halogens is 2. The summed E-state index contributed by atoms with van der Waals surface area (Å²) < 4.78 is 12.8. The molecule has 0 fully saturated rings. The normalized spacial score (nSPS) is 10.2. The van der Waals surface area contributed by atoms with E-state index >= 15 is 0 Å². The molecule has 1 aromatic carbocycles. The van der Waals surface area contributed by atoms with Gasteiger partial charge < -0.3 is 10.4 Å². The summed E-state index contributed by atoms with van der Waals surface area (Å²) in [7, 11) is 0. The van der Waals surface area contributed by atoms with Crippen molar-refractivity contribution in [1.29, 1.82) is 0 Å². The average molecular weight is 246 g/mol. The molecule has 88 valence electrons. The van der Waals surface area contributed by atoms with Crippen molar-refractivity contribution in [2.75, 3.05) is 11.9 Å². The summed E-state index contributed by atoms with van der Waals surface area (Å²) >= 11 is 5.56. The molecule has 0 aliphatic carbocycles. The third kappa shape index (κ3) is 4.16. The smallest absolute Gasteiger partial charge is 0.224 e. The molecule has 0 radical (unpaired) electrons. The first-order valence-corrected chi connectivity index (χ1v) is 5.37. The summed E-state index contributed by atoms with van der Waals surface area (Å²) in [6, 6.07) is 4.01. The largest absolute Gasteiger partial charge is 0.396 e. The maximum absolute atomic E-state index is 12.8. The second-order valence-electron chi connectivity index (χ2n) is 3.36. The molecule has 0 saturated heterocycles. The molecular formula is C11H13ClFNO2. The van der Waals surface area contributed by atoms with Gasteiger partial charge in [0.2, 0.25) is 5.91 Å². The van der Waals surface area contributed by atoms with Crippen molar-refractivity contribution in [3.63, 3.8) is 0 Å². The van der Waals surface area contributed by atoms with Crippen molar-refractivity contribution >= 4 is 23.2 Å². The zero-order chi connectivity index (χ0) is 12.0. The molecule has 1 rings (SSSR count). The Morgan fingerprint density at radius 2 is 2.19 bits per heavy atom. The lowest BCUT2D eigenvalue weighted by Gasteiger charge is -2.05. The molecule has 3 nitrogen and oxygen atoms in total. The van der Waals surface area contributed by atoms with E-state index in [1.165, 1.54) is 18.2 Å². The third-order valence-electron chi connectivity index (χ3n) is 2.02. The standard InChI is InChI=1S/C11H13ClFNO2/c12-9-7-8(4-5-10(9)13)14-11(16)3-1-2-6-15/h4-5,7,15H,1-3,6H2,(H,14,16). The number of nitrogens with one attached hydrogen (secondary N) is 1. The Morgan fingerprint density at radius 3 is 2.81 bits per heavy atom. The molecule has 5 heteroatoms. The monoisotopic (exact) mass is 245 g/mol. The Hall–Kier alpha value is -1.13. The van der Waals surface area contributed by atoms with E-state index in [1.54, 1.807) is 0 Å². The topological polar surface area (TPSA) is 49.3 Å². The summed E-state index contributed by atoms with van der Waals surface area (Å²) in [6.45, 7) is 0.0790. The fourth-order valence-corrected chi connectivity index (χ4v) is 1.38. The van der Waals surface area contributed by atoms with Gasteiger partial charge >= 0.3 is 0 Å². The van der Waals surface area contributed by atoms with E-state index in [0.29, 0.717) is 24.9 Å². The Balaban J connectivity index is 2.46. The molecule has 0 aromatic heterocycles. The van der Waals surface area contributed by atoms with E-state index in [1.807, 2.05) is 0 Å². The number of carbonyl (C=O) groups excluding carboxylic acids is 1. The van der Waals surface area contributed by atoms with E-state index in [-0.39, 0.29) is 17.5 Å². The van der Waals surface area contributed by atoms with Crippen LogP contribution in [0.5, 0.6) is 0 Å². The van der Waals surface area contributed by atoms with Gasteiger partial charge in [-0.3, -0.25) is 4.79 Å². The van der Waals surface area contributed by atoms with Crippen molar-refractivity contribution in [1.82, 2.24) is 0 Å². The molecule has 2 N–H and O–H groups in total. The van der Waals surface area contributed by atoms with Gasteiger partial charge in [-0.15, -0.1) is 0 Å². The minimum absolute atomic E-state index is 0.0202. The second-order valence-corrected chi connectivity index (χ2v) is 3.76. The van der Waals surface area contributed by atoms with E-state index in [4.69, 9.17) is 16.7 Å². The Kier molecular flexibility index (Phi) is 5.22. The highest BCUT2D eigenvalue weighted by molar-refractivity contribution is 6.31. The van der Waals surface area contributed by atoms with Crippen molar-refractivity contribution in [2.45, 2.75) is 19.3 Å². The van der Waals surface area contributed by atoms with Gasteiger partial charge in [0, 0.05) is 18.7 Å². The van der Waals surface area contributed by atoms with E-state index in [0.717, 1.165) is 0 Å². The minimum atomic E-state index is -0.514. The fraction of sp³-hybridized carbons (Fsp3) is 0.364. The zero-order valence-electron chi connectivity index (χ0n) is 8.67. The van der Waals surface area contributed by atoms with Gasteiger partial charge in [0.15, 0.2) is 0 Å². The Bertz CT molecular complexity index is 371. The van der Waals surface area contributed by atoms with Crippen LogP contribution < -0.4 is 5.32 Å². The van der Waals surface area contributed by atoms with Gasteiger partial charge in [0.1, 0.15) is 5.82 Å². The summed E-state index contributed by atoms with van der Waals surface area (Å²) in [5, 5.41) is 11.1. The first-order chi connectivity index (χ1) is 7.63. The van der Waals surface area contributed by atoms with Crippen LogP contribution >= 0.6 is 11.6 Å². The number of benzene rings is 1. The Labute approximate surface area is 98.2 Å². The SMILES string of the molecule is O=C(CCCCO)Nc1ccc(F)c(Cl)c1. The number of hydrogen-bond acceptors (Lipinski definition) is 2. The van der Waals surface area contributed by atoms with Crippen LogP contribution in [0.25, 0.3) is 0 Å². The van der Waals surface area contributed by atoms with E-state index in [9.17, 15) is 9.18 Å². The zero-order valence-corrected chi connectivity index (χ0v) is 9.43. The number of rotatable bonds is 5. The number of anilines is 1. The number of aliphatic hydroxyl groups excluding tert-OH is 1. The molecule has 0 saturated carbocycles. The van der Waals surface area contributed by atoms with Crippen molar-refractivity contribution in [3.8, 4) is 0 Å². The van der Waals surface area contributed by atoms with Gasteiger partial charge in [-0.2, -0.15) is 0 Å². The predicted octanol–water partition coefficient (Wildman–Crippen LogP) is 2.58. The highest BCUT2D eigenvalue weighted by atomic mass is 35.5. The molecule has 0 bridgehead atoms. The summed E-state index contributed by atoms with van der Waals surface area (Å²) in [5.74, 6) is -0.684. The van der Waals surface area contributed by atoms with Crippen LogP contribution in [0.15, 0.2) is 18.2 Å². The minimum Gasteiger partial charge on any atom is -0.396 e. The number of amides is 1. The third-order valence-corrected chi connectivity index (χ3v) is 2.30. The number of carbonyl (C=O) groups is 1. The van der Waals surface area contributed by atoms with E-state index < -0.39 is 5.82 Å². The maximum Gasteiger partial charge on any atom is 0.224 e. The van der Waals surface area contributed by atoms with Crippen LogP contribution in [0.1, 0.15) is 19.3 Å². The lowest BCUT2D eigenvalue weighted by atomic mass is 10.2. The predicted molar refractivity (Wildman–Crippen MR) is 61.0 cm³/mol. The van der Waals surface area contributed by atoms with Gasteiger partial charge in [-0.05, 0) is 31.0 Å². The first kappa shape index (κ1) is 12.9. The van der Waals surface area contributed by atoms with Gasteiger partial charge in [-0.25, -0.2) is 4.39 Å². The quantitative estimate of drug-likeness (QED) is 0.784. The summed E-state index contributed by atoms with van der Waals surface area (Å²) in [5.41, 5.74) is 0.473. The number of unbranched alkanes of at least 4 members (excludes halogenated alkanes) is 1. The highest BCUT2D eigenvalue weighted by Gasteiger charge is 2.04. The van der Waals surface area contributed by atoms with Crippen LogP contribution in [-0.2, 0) is 4.79 Å². The lowest BCUT2D eigenvalue weighted by molar-refractivity contribution is -0.116. The number of aliphatic hydroxyl groups is 1. The highest BCUT2D eigenvalue weighted by Crippen LogP contribution is 2.19. The first-order valence-electron chi connectivity index (χ1n) is 4.99. The molecule has 0 aliphatic rings. The van der Waals surface area contributed by atoms with Crippen LogP contribution in [-0.4, -0.2) is 17.6 Å². The number of hydrogen-bond donors (Lipinski definition) is 2. The van der Waals surface area contributed by atoms with Crippen molar-refractivity contribution < 1.29 is 14.3 Å². The van der Waals surface area contributed by atoms with Gasteiger partial charge in [-0.1, -0.05) is 11.6 Å². The van der Waals surface area contributed by atoms with Crippen LogP contribution in [0.3, 0.4) is 0 Å². The average Bonchev–Trinajstić information content (AvgIpc) is 2.24. The Morgan fingerprint density at radius 1 is 1.44 bits per heavy atom.